The van der Waals surface area contributed by atoms with Crippen LogP contribution < -0.4 is 0 Å². The number of halogens is 1. The summed E-state index contributed by atoms with van der Waals surface area (Å²) in [5, 5.41) is 8.76. The first-order valence-electron chi connectivity index (χ1n) is 3.75. The van der Waals surface area contributed by atoms with E-state index in [1.54, 1.807) is 6.07 Å². The average Bonchev–Trinajstić information content (AvgIpc) is 2.16. The molecule has 0 spiro atoms. The molecule has 3 nitrogen and oxygen atoms in total. The summed E-state index contributed by atoms with van der Waals surface area (Å²) in [5.74, 6) is -0.976. The molecule has 0 heterocycles. The zero-order valence-electron chi connectivity index (χ0n) is 7.33. The van der Waals surface area contributed by atoms with E-state index in [1.165, 1.54) is 12.1 Å². The molecule has 4 heteroatoms. The van der Waals surface area contributed by atoms with Gasteiger partial charge in [0.1, 0.15) is 0 Å². The van der Waals surface area contributed by atoms with Crippen LogP contribution in [0.5, 0.6) is 0 Å². The summed E-state index contributed by atoms with van der Waals surface area (Å²) in [4.78, 5) is 14.4. The molecule has 0 radical (unpaired) electrons. The molecule has 0 amide bonds. The van der Waals surface area contributed by atoms with Crippen molar-refractivity contribution in [3.63, 3.8) is 0 Å². The highest BCUT2D eigenvalue weighted by Crippen LogP contribution is 2.29. The predicted octanol–water partition coefficient (Wildman–Crippen LogP) is 3.08. The molecule has 0 aromatic heterocycles. The van der Waals surface area contributed by atoms with Gasteiger partial charge in [0.25, 0.3) is 0 Å². The second kappa shape index (κ2) is 4.19. The van der Waals surface area contributed by atoms with Crippen LogP contribution in [0.3, 0.4) is 0 Å². The maximum absolute atomic E-state index is 10.7. The Morgan fingerprint density at radius 3 is 2.57 bits per heavy atom. The lowest BCUT2D eigenvalue weighted by Crippen LogP contribution is -1.96. The molecule has 1 N–H and O–H groups in total. The fourth-order valence-electron chi connectivity index (χ4n) is 1.02. The summed E-state index contributed by atoms with van der Waals surface area (Å²) in [6, 6.07) is 4.58. The first kappa shape index (κ1) is 10.7. The molecule has 72 valence electrons. The van der Waals surface area contributed by atoms with Gasteiger partial charge in [0.2, 0.25) is 0 Å². The number of aliphatic imine (C=N–C) groups is 1. The Morgan fingerprint density at radius 2 is 2.14 bits per heavy atom. The lowest BCUT2D eigenvalue weighted by Gasteiger charge is -2.04. The first-order valence-corrected chi connectivity index (χ1v) is 4.54. The van der Waals surface area contributed by atoms with Gasteiger partial charge in [-0.3, -0.25) is 4.99 Å². The average molecular weight is 254 g/mol. The minimum Gasteiger partial charge on any atom is -0.478 e. The number of nitrogens with zero attached hydrogens (tertiary/aromatic N) is 1. The number of carboxylic acids is 1. The van der Waals surface area contributed by atoms with Crippen molar-refractivity contribution >= 4 is 38.8 Å². The Hall–Kier alpha value is -1.42. The summed E-state index contributed by atoms with van der Waals surface area (Å²) >= 11 is 3.18. The van der Waals surface area contributed by atoms with Crippen molar-refractivity contribution in [3.05, 3.63) is 35.9 Å². The maximum Gasteiger partial charge on any atom is 0.335 e. The van der Waals surface area contributed by atoms with Gasteiger partial charge in [0.15, 0.2) is 0 Å². The lowest BCUT2D eigenvalue weighted by atomic mass is 10.1. The van der Waals surface area contributed by atoms with Crippen LogP contribution >= 0.6 is 15.9 Å². The van der Waals surface area contributed by atoms with E-state index in [0.29, 0.717) is 15.7 Å². The summed E-state index contributed by atoms with van der Waals surface area (Å²) in [6.07, 6.45) is 0. The van der Waals surface area contributed by atoms with Gasteiger partial charge in [0.05, 0.1) is 11.3 Å². The Balaban J connectivity index is 3.34. The van der Waals surface area contributed by atoms with Gasteiger partial charge in [-0.25, -0.2) is 4.79 Å². The van der Waals surface area contributed by atoms with E-state index in [-0.39, 0.29) is 5.56 Å². The van der Waals surface area contributed by atoms with Gasteiger partial charge in [-0.05, 0) is 24.9 Å². The van der Waals surface area contributed by atoms with Crippen molar-refractivity contribution in [1.29, 1.82) is 0 Å². The van der Waals surface area contributed by atoms with Crippen LogP contribution in [0.1, 0.15) is 15.9 Å². The largest absolute Gasteiger partial charge is 0.478 e. The van der Waals surface area contributed by atoms with Crippen LogP contribution in [-0.2, 0) is 0 Å². The summed E-state index contributed by atoms with van der Waals surface area (Å²) in [5.41, 5.74) is 1.45. The number of rotatable bonds is 3. The number of hydrogen-bond donors (Lipinski definition) is 1. The van der Waals surface area contributed by atoms with Crippen LogP contribution in [0.2, 0.25) is 0 Å². The molecule has 0 aliphatic carbocycles. The molecular weight excluding hydrogens is 246 g/mol. The Morgan fingerprint density at radius 1 is 1.50 bits per heavy atom. The fourth-order valence-corrected chi connectivity index (χ4v) is 1.34. The zero-order valence-corrected chi connectivity index (χ0v) is 8.91. The molecule has 0 saturated heterocycles. The number of carboxylic acid groups (broad SMARTS) is 1. The molecule has 0 fully saturated rings. The SMILES string of the molecule is C=Nc1ccc(C(=O)O)cc1C(=C)Br. The van der Waals surface area contributed by atoms with E-state index in [2.05, 4.69) is 34.2 Å². The zero-order chi connectivity index (χ0) is 10.7. The number of benzene rings is 1. The topological polar surface area (TPSA) is 49.7 Å². The molecule has 1 aromatic rings. The van der Waals surface area contributed by atoms with Crippen molar-refractivity contribution in [2.24, 2.45) is 4.99 Å². The molecule has 14 heavy (non-hydrogen) atoms. The van der Waals surface area contributed by atoms with Crippen molar-refractivity contribution in [2.45, 2.75) is 0 Å². The summed E-state index contributed by atoms with van der Waals surface area (Å²) in [6.45, 7) is 7.06. The van der Waals surface area contributed by atoms with E-state index >= 15 is 0 Å². The van der Waals surface area contributed by atoms with Crippen molar-refractivity contribution in [3.8, 4) is 0 Å². The third kappa shape index (κ3) is 2.09. The van der Waals surface area contributed by atoms with Crippen LogP contribution in [0.25, 0.3) is 4.48 Å². The molecule has 1 aromatic carbocycles. The molecule has 0 atom stereocenters. The lowest BCUT2D eigenvalue weighted by molar-refractivity contribution is 0.0697. The Bertz CT molecular complexity index is 413. The highest BCUT2D eigenvalue weighted by atomic mass is 79.9. The molecular formula is C10H8BrNO2. The van der Waals surface area contributed by atoms with Crippen molar-refractivity contribution < 1.29 is 9.90 Å². The number of aromatic carboxylic acids is 1. The maximum atomic E-state index is 10.7. The standard InChI is InChI=1S/C10H8BrNO2/c1-6(11)8-5-7(10(13)14)3-4-9(8)12-2/h3-5H,1-2H2,(H,13,14). The minimum absolute atomic E-state index is 0.202. The van der Waals surface area contributed by atoms with E-state index in [4.69, 9.17) is 5.11 Å². The molecule has 0 bridgehead atoms. The number of carbonyl (C=O) groups is 1. The highest BCUT2D eigenvalue weighted by Gasteiger charge is 2.08. The van der Waals surface area contributed by atoms with Gasteiger partial charge in [-0.2, -0.15) is 0 Å². The van der Waals surface area contributed by atoms with E-state index in [0.717, 1.165) is 0 Å². The predicted molar refractivity (Wildman–Crippen MR) is 60.6 cm³/mol. The Kier molecular flexibility index (Phi) is 3.19. The molecule has 1 rings (SSSR count). The van der Waals surface area contributed by atoms with Crippen molar-refractivity contribution in [2.75, 3.05) is 0 Å². The van der Waals surface area contributed by atoms with Crippen LogP contribution in [0, 0.1) is 0 Å². The fraction of sp³-hybridized carbons (Fsp3) is 0. The van der Waals surface area contributed by atoms with Crippen molar-refractivity contribution in [1.82, 2.24) is 0 Å². The van der Waals surface area contributed by atoms with Crippen LogP contribution in [-0.4, -0.2) is 17.8 Å². The molecule has 0 saturated carbocycles. The third-order valence-electron chi connectivity index (χ3n) is 1.71. The second-order valence-corrected chi connectivity index (χ2v) is 3.56. The minimum atomic E-state index is -0.976. The molecule has 0 aliphatic heterocycles. The van der Waals surface area contributed by atoms with Crippen LogP contribution in [0.15, 0.2) is 29.8 Å². The van der Waals surface area contributed by atoms with E-state index < -0.39 is 5.97 Å². The normalized spacial score (nSPS) is 9.50. The second-order valence-electron chi connectivity index (χ2n) is 2.60. The van der Waals surface area contributed by atoms with Crippen LogP contribution in [0.4, 0.5) is 5.69 Å². The highest BCUT2D eigenvalue weighted by molar-refractivity contribution is 9.15. The monoisotopic (exact) mass is 253 g/mol. The van der Waals surface area contributed by atoms with Gasteiger partial charge in [-0.1, -0.05) is 22.5 Å². The third-order valence-corrected chi connectivity index (χ3v) is 2.13. The quantitative estimate of drug-likeness (QED) is 0.842. The Labute approximate surface area is 89.9 Å². The molecule has 0 unspecified atom stereocenters. The van der Waals surface area contributed by atoms with Gasteiger partial charge in [0, 0.05) is 10.0 Å². The van der Waals surface area contributed by atoms with E-state index in [9.17, 15) is 4.79 Å². The molecule has 0 aliphatic rings. The number of hydrogen-bond acceptors (Lipinski definition) is 2. The van der Waals surface area contributed by atoms with E-state index in [1.807, 2.05) is 0 Å². The van der Waals surface area contributed by atoms with Gasteiger partial charge < -0.3 is 5.11 Å². The first-order chi connectivity index (χ1) is 6.56. The smallest absolute Gasteiger partial charge is 0.335 e. The van der Waals surface area contributed by atoms with Gasteiger partial charge >= 0.3 is 5.97 Å². The summed E-state index contributed by atoms with van der Waals surface area (Å²) < 4.78 is 0.586. The van der Waals surface area contributed by atoms with Gasteiger partial charge in [-0.15, -0.1) is 0 Å². The summed E-state index contributed by atoms with van der Waals surface area (Å²) in [7, 11) is 0.